The number of likely N-dealkylation sites (N-methyl/N-ethyl adjacent to an activating group) is 1. The standard InChI is InChI=1S/C27H28N4O2/c1-3-31(4-2)24(20-11-7-5-8-12-20)19-28-25(32)21-15-17-23(18-16-21)27-30-29-26(33-27)22-13-9-6-10-14-22/h5-18,24H,3-4,19H2,1-2H3,(H,28,32). The van der Waals surface area contributed by atoms with Crippen LogP contribution in [-0.2, 0) is 0 Å². The molecule has 1 N–H and O–H groups in total. The maximum Gasteiger partial charge on any atom is 0.251 e. The molecule has 168 valence electrons. The lowest BCUT2D eigenvalue weighted by Crippen LogP contribution is -2.38. The van der Waals surface area contributed by atoms with Gasteiger partial charge in [-0.2, -0.15) is 0 Å². The van der Waals surface area contributed by atoms with E-state index in [0.717, 1.165) is 24.2 Å². The van der Waals surface area contributed by atoms with E-state index < -0.39 is 0 Å². The molecule has 0 radical (unpaired) electrons. The van der Waals surface area contributed by atoms with Gasteiger partial charge in [0, 0.05) is 23.2 Å². The molecule has 3 aromatic carbocycles. The molecular weight excluding hydrogens is 412 g/mol. The van der Waals surface area contributed by atoms with Crippen LogP contribution < -0.4 is 5.32 Å². The quantitative estimate of drug-likeness (QED) is 0.387. The Kier molecular flexibility index (Phi) is 7.27. The molecule has 0 fully saturated rings. The van der Waals surface area contributed by atoms with Gasteiger partial charge in [0.2, 0.25) is 11.8 Å². The average molecular weight is 441 g/mol. The second-order valence-corrected chi connectivity index (χ2v) is 7.71. The van der Waals surface area contributed by atoms with Gasteiger partial charge >= 0.3 is 0 Å². The van der Waals surface area contributed by atoms with Crippen LogP contribution >= 0.6 is 0 Å². The summed E-state index contributed by atoms with van der Waals surface area (Å²) in [6.45, 7) is 6.64. The van der Waals surface area contributed by atoms with Crippen LogP contribution in [0.25, 0.3) is 22.9 Å². The SMILES string of the molecule is CCN(CC)C(CNC(=O)c1ccc(-c2nnc(-c3ccccc3)o2)cc1)c1ccccc1. The van der Waals surface area contributed by atoms with Crippen LogP contribution in [-0.4, -0.2) is 40.6 Å². The summed E-state index contributed by atoms with van der Waals surface area (Å²) < 4.78 is 5.81. The van der Waals surface area contributed by atoms with E-state index in [1.807, 2.05) is 60.7 Å². The minimum atomic E-state index is -0.106. The van der Waals surface area contributed by atoms with Gasteiger partial charge in [-0.1, -0.05) is 62.4 Å². The van der Waals surface area contributed by atoms with Crippen molar-refractivity contribution in [3.8, 4) is 22.9 Å². The smallest absolute Gasteiger partial charge is 0.251 e. The third kappa shape index (κ3) is 5.35. The Bertz CT molecular complexity index is 1150. The van der Waals surface area contributed by atoms with Crippen LogP contribution in [0.2, 0.25) is 0 Å². The lowest BCUT2D eigenvalue weighted by molar-refractivity contribution is 0.0935. The largest absolute Gasteiger partial charge is 0.416 e. The zero-order valence-corrected chi connectivity index (χ0v) is 18.9. The molecule has 1 amide bonds. The van der Waals surface area contributed by atoms with E-state index in [2.05, 4.69) is 46.4 Å². The van der Waals surface area contributed by atoms with Gasteiger partial charge in [-0.3, -0.25) is 9.69 Å². The topological polar surface area (TPSA) is 71.3 Å². The van der Waals surface area contributed by atoms with Crippen LogP contribution in [0, 0.1) is 0 Å². The van der Waals surface area contributed by atoms with Gasteiger partial charge in [0.05, 0.1) is 6.04 Å². The van der Waals surface area contributed by atoms with Gasteiger partial charge in [-0.25, -0.2) is 0 Å². The maximum atomic E-state index is 12.8. The molecule has 4 rings (SSSR count). The number of amides is 1. The molecule has 0 aliphatic carbocycles. The predicted octanol–water partition coefficient (Wildman–Crippen LogP) is 5.22. The molecule has 0 spiro atoms. The van der Waals surface area contributed by atoms with Crippen molar-refractivity contribution in [3.05, 3.63) is 96.1 Å². The highest BCUT2D eigenvalue weighted by Crippen LogP contribution is 2.24. The minimum absolute atomic E-state index is 0.106. The average Bonchev–Trinajstić information content (AvgIpc) is 3.38. The first-order valence-electron chi connectivity index (χ1n) is 11.3. The molecule has 0 bridgehead atoms. The van der Waals surface area contributed by atoms with Gasteiger partial charge in [-0.15, -0.1) is 10.2 Å². The molecule has 1 unspecified atom stereocenters. The summed E-state index contributed by atoms with van der Waals surface area (Å²) >= 11 is 0. The number of aromatic nitrogens is 2. The number of rotatable bonds is 9. The van der Waals surface area contributed by atoms with Gasteiger partial charge in [0.15, 0.2) is 0 Å². The fraction of sp³-hybridized carbons (Fsp3) is 0.222. The number of nitrogens with one attached hydrogen (secondary N) is 1. The summed E-state index contributed by atoms with van der Waals surface area (Å²) in [7, 11) is 0. The Labute approximate surface area is 194 Å². The normalized spacial score (nSPS) is 12.0. The zero-order valence-electron chi connectivity index (χ0n) is 18.9. The highest BCUT2D eigenvalue weighted by molar-refractivity contribution is 5.94. The first-order valence-corrected chi connectivity index (χ1v) is 11.3. The molecule has 0 saturated heterocycles. The molecule has 0 saturated carbocycles. The molecule has 6 heteroatoms. The van der Waals surface area contributed by atoms with E-state index in [9.17, 15) is 4.79 Å². The number of hydrogen-bond donors (Lipinski definition) is 1. The van der Waals surface area contributed by atoms with Gasteiger partial charge in [0.25, 0.3) is 5.91 Å². The van der Waals surface area contributed by atoms with Crippen molar-refractivity contribution in [1.82, 2.24) is 20.4 Å². The number of carbonyl (C=O) groups excluding carboxylic acids is 1. The van der Waals surface area contributed by atoms with Crippen molar-refractivity contribution in [2.45, 2.75) is 19.9 Å². The third-order valence-corrected chi connectivity index (χ3v) is 5.73. The molecular formula is C27H28N4O2. The molecule has 0 aliphatic heterocycles. The van der Waals surface area contributed by atoms with Crippen LogP contribution in [0.5, 0.6) is 0 Å². The Morgan fingerprint density at radius 3 is 1.94 bits per heavy atom. The predicted molar refractivity (Wildman–Crippen MR) is 130 cm³/mol. The Hall–Kier alpha value is -3.77. The highest BCUT2D eigenvalue weighted by atomic mass is 16.4. The Morgan fingerprint density at radius 1 is 0.818 bits per heavy atom. The summed E-state index contributed by atoms with van der Waals surface area (Å²) in [6, 6.07) is 27.3. The van der Waals surface area contributed by atoms with E-state index in [0.29, 0.717) is 23.9 Å². The molecule has 0 aliphatic rings. The summed E-state index contributed by atoms with van der Waals surface area (Å²) in [6.07, 6.45) is 0. The molecule has 33 heavy (non-hydrogen) atoms. The van der Waals surface area contributed by atoms with E-state index in [1.54, 1.807) is 12.1 Å². The van der Waals surface area contributed by atoms with E-state index in [4.69, 9.17) is 4.42 Å². The number of carbonyl (C=O) groups is 1. The lowest BCUT2D eigenvalue weighted by atomic mass is 10.0. The summed E-state index contributed by atoms with van der Waals surface area (Å²) in [5.74, 6) is 0.785. The second kappa shape index (κ2) is 10.7. The summed E-state index contributed by atoms with van der Waals surface area (Å²) in [4.78, 5) is 15.2. The van der Waals surface area contributed by atoms with E-state index in [1.165, 1.54) is 5.56 Å². The van der Waals surface area contributed by atoms with E-state index >= 15 is 0 Å². The van der Waals surface area contributed by atoms with E-state index in [-0.39, 0.29) is 11.9 Å². The van der Waals surface area contributed by atoms with Crippen LogP contribution in [0.4, 0.5) is 0 Å². The first kappa shape index (κ1) is 22.4. The summed E-state index contributed by atoms with van der Waals surface area (Å²) in [5.41, 5.74) is 3.43. The molecule has 1 atom stereocenters. The van der Waals surface area contributed by atoms with Crippen LogP contribution in [0.1, 0.15) is 35.8 Å². The van der Waals surface area contributed by atoms with Gasteiger partial charge < -0.3 is 9.73 Å². The van der Waals surface area contributed by atoms with Crippen LogP contribution in [0.15, 0.2) is 89.3 Å². The fourth-order valence-electron chi connectivity index (χ4n) is 3.89. The number of nitrogens with zero attached hydrogens (tertiary/aromatic N) is 3. The number of benzene rings is 3. The van der Waals surface area contributed by atoms with Crippen molar-refractivity contribution in [3.63, 3.8) is 0 Å². The second-order valence-electron chi connectivity index (χ2n) is 7.71. The summed E-state index contributed by atoms with van der Waals surface area (Å²) in [5, 5.41) is 11.4. The third-order valence-electron chi connectivity index (χ3n) is 5.73. The minimum Gasteiger partial charge on any atom is -0.416 e. The van der Waals surface area contributed by atoms with Gasteiger partial charge in [-0.05, 0) is 55.1 Å². The van der Waals surface area contributed by atoms with Crippen molar-refractivity contribution in [1.29, 1.82) is 0 Å². The lowest BCUT2D eigenvalue weighted by Gasteiger charge is -2.30. The molecule has 1 heterocycles. The fourth-order valence-corrected chi connectivity index (χ4v) is 3.89. The Balaban J connectivity index is 1.43. The Morgan fingerprint density at radius 2 is 1.36 bits per heavy atom. The van der Waals surface area contributed by atoms with Crippen LogP contribution in [0.3, 0.4) is 0 Å². The first-order chi connectivity index (χ1) is 16.2. The molecule has 1 aromatic heterocycles. The van der Waals surface area contributed by atoms with Crippen molar-refractivity contribution >= 4 is 5.91 Å². The van der Waals surface area contributed by atoms with Gasteiger partial charge in [0.1, 0.15) is 0 Å². The highest BCUT2D eigenvalue weighted by Gasteiger charge is 2.19. The zero-order chi connectivity index (χ0) is 23.0. The molecule has 6 nitrogen and oxygen atoms in total. The molecule has 4 aromatic rings. The monoisotopic (exact) mass is 440 g/mol. The maximum absolute atomic E-state index is 12.8. The van der Waals surface area contributed by atoms with Crippen molar-refractivity contribution in [2.24, 2.45) is 0 Å². The van der Waals surface area contributed by atoms with Crippen molar-refractivity contribution < 1.29 is 9.21 Å². The number of hydrogen-bond acceptors (Lipinski definition) is 5. The van der Waals surface area contributed by atoms with Crippen molar-refractivity contribution in [2.75, 3.05) is 19.6 Å².